The molecule has 0 aliphatic carbocycles. The third-order valence-corrected chi connectivity index (χ3v) is 3.37. The van der Waals surface area contributed by atoms with Crippen LogP contribution in [-0.2, 0) is 0 Å². The number of hydrogen-bond donors (Lipinski definition) is 1. The number of hydrogen-bond acceptors (Lipinski definition) is 5. The zero-order valence-corrected chi connectivity index (χ0v) is 13.4. The average Bonchev–Trinajstić information content (AvgIpc) is 2.43. The summed E-state index contributed by atoms with van der Waals surface area (Å²) < 4.78 is 19.9. The van der Waals surface area contributed by atoms with Gasteiger partial charge in [0.1, 0.15) is 5.82 Å². The lowest BCUT2D eigenvalue weighted by Crippen LogP contribution is -2.02. The highest BCUT2D eigenvalue weighted by Crippen LogP contribution is 2.28. The second-order valence-electron chi connectivity index (χ2n) is 3.79. The van der Waals surface area contributed by atoms with E-state index in [-0.39, 0.29) is 5.75 Å². The van der Waals surface area contributed by atoms with Crippen molar-refractivity contribution >= 4 is 33.5 Å². The minimum absolute atomic E-state index is 0.118. The van der Waals surface area contributed by atoms with Crippen LogP contribution in [0.15, 0.2) is 33.9 Å². The Balaban J connectivity index is 2.32. The molecular formula is C13H13BrFN3OS. The summed E-state index contributed by atoms with van der Waals surface area (Å²) in [5, 5.41) is 3.65. The van der Waals surface area contributed by atoms with Gasteiger partial charge in [-0.2, -0.15) is 4.98 Å². The molecule has 0 saturated carbocycles. The summed E-state index contributed by atoms with van der Waals surface area (Å²) >= 11 is 4.68. The van der Waals surface area contributed by atoms with Crippen molar-refractivity contribution in [2.24, 2.45) is 0 Å². The predicted molar refractivity (Wildman–Crippen MR) is 82.2 cm³/mol. The van der Waals surface area contributed by atoms with Crippen LogP contribution in [0.5, 0.6) is 11.6 Å². The van der Waals surface area contributed by atoms with Crippen molar-refractivity contribution in [2.75, 3.05) is 18.1 Å². The monoisotopic (exact) mass is 357 g/mol. The molecule has 0 unspecified atom stereocenters. The highest BCUT2D eigenvalue weighted by atomic mass is 79.9. The number of anilines is 1. The van der Waals surface area contributed by atoms with Crippen molar-refractivity contribution in [3.05, 3.63) is 34.6 Å². The maximum atomic E-state index is 13.7. The van der Waals surface area contributed by atoms with E-state index in [1.165, 1.54) is 17.8 Å². The molecule has 106 valence electrons. The van der Waals surface area contributed by atoms with Crippen molar-refractivity contribution in [3.8, 4) is 11.6 Å². The fourth-order valence-electron chi connectivity index (χ4n) is 1.49. The molecule has 0 aliphatic heterocycles. The zero-order chi connectivity index (χ0) is 14.5. The Morgan fingerprint density at radius 1 is 1.35 bits per heavy atom. The van der Waals surface area contributed by atoms with E-state index in [1.54, 1.807) is 18.2 Å². The Hall–Kier alpha value is -1.34. The first-order valence-electron chi connectivity index (χ1n) is 5.92. The first-order valence-corrected chi connectivity index (χ1v) is 7.94. The van der Waals surface area contributed by atoms with Gasteiger partial charge in [-0.3, -0.25) is 0 Å². The van der Waals surface area contributed by atoms with E-state index < -0.39 is 5.82 Å². The number of thioether (sulfide) groups is 1. The first-order chi connectivity index (χ1) is 9.62. The third-order valence-electron chi connectivity index (χ3n) is 2.33. The second kappa shape index (κ2) is 6.90. The van der Waals surface area contributed by atoms with E-state index >= 15 is 0 Å². The normalized spacial score (nSPS) is 10.4. The molecule has 1 aromatic heterocycles. The van der Waals surface area contributed by atoms with Crippen LogP contribution in [-0.4, -0.2) is 22.8 Å². The van der Waals surface area contributed by atoms with Gasteiger partial charge in [-0.05, 0) is 31.4 Å². The predicted octanol–water partition coefficient (Wildman–Crippen LogP) is 4.32. The second-order valence-corrected chi connectivity index (χ2v) is 5.47. The summed E-state index contributed by atoms with van der Waals surface area (Å²) in [7, 11) is 0. The molecule has 1 aromatic carbocycles. The van der Waals surface area contributed by atoms with Crippen LogP contribution < -0.4 is 10.1 Å². The molecule has 2 rings (SSSR count). The minimum atomic E-state index is -0.442. The first kappa shape index (κ1) is 15.1. The molecule has 1 N–H and O–H groups in total. The largest absolute Gasteiger partial charge is 0.436 e. The SMILES string of the molecule is CCNc1cc(Oc2cc(Br)ccc2F)nc(SC)n1. The molecule has 20 heavy (non-hydrogen) atoms. The molecule has 2 aromatic rings. The van der Waals surface area contributed by atoms with Crippen LogP contribution in [0.25, 0.3) is 0 Å². The van der Waals surface area contributed by atoms with Crippen LogP contribution in [0.4, 0.5) is 10.2 Å². The quantitative estimate of drug-likeness (QED) is 0.637. The Labute approximate surface area is 129 Å². The van der Waals surface area contributed by atoms with Gasteiger partial charge in [-0.15, -0.1) is 0 Å². The summed E-state index contributed by atoms with van der Waals surface area (Å²) in [6, 6.07) is 6.15. The molecule has 1 heterocycles. The van der Waals surface area contributed by atoms with Gasteiger partial charge in [0.05, 0.1) is 0 Å². The summed E-state index contributed by atoms with van der Waals surface area (Å²) in [6.07, 6.45) is 1.87. The fraction of sp³-hybridized carbons (Fsp3) is 0.231. The van der Waals surface area contributed by atoms with Gasteiger partial charge in [-0.1, -0.05) is 27.7 Å². The molecule has 0 amide bonds. The summed E-state index contributed by atoms with van der Waals surface area (Å²) in [5.74, 6) is 0.629. The van der Waals surface area contributed by atoms with E-state index in [1.807, 2.05) is 13.2 Å². The molecule has 0 aliphatic rings. The summed E-state index contributed by atoms with van der Waals surface area (Å²) in [6.45, 7) is 2.70. The number of nitrogens with one attached hydrogen (secondary N) is 1. The Morgan fingerprint density at radius 3 is 2.85 bits per heavy atom. The van der Waals surface area contributed by atoms with Crippen LogP contribution >= 0.6 is 27.7 Å². The molecule has 0 bridgehead atoms. The molecule has 7 heteroatoms. The van der Waals surface area contributed by atoms with Crippen molar-refractivity contribution < 1.29 is 9.13 Å². The van der Waals surface area contributed by atoms with Crippen molar-refractivity contribution in [1.29, 1.82) is 0 Å². The van der Waals surface area contributed by atoms with Crippen LogP contribution in [0.2, 0.25) is 0 Å². The molecule has 0 saturated heterocycles. The third kappa shape index (κ3) is 3.83. The van der Waals surface area contributed by atoms with Crippen molar-refractivity contribution in [3.63, 3.8) is 0 Å². The lowest BCUT2D eigenvalue weighted by atomic mass is 10.3. The lowest BCUT2D eigenvalue weighted by molar-refractivity contribution is 0.422. The Bertz CT molecular complexity index is 612. The Morgan fingerprint density at radius 2 is 2.15 bits per heavy atom. The van der Waals surface area contributed by atoms with Gasteiger partial charge in [0, 0.05) is 17.1 Å². The van der Waals surface area contributed by atoms with Gasteiger partial charge < -0.3 is 10.1 Å². The number of benzene rings is 1. The van der Waals surface area contributed by atoms with Gasteiger partial charge in [-0.25, -0.2) is 9.37 Å². The van der Waals surface area contributed by atoms with Crippen LogP contribution in [0.1, 0.15) is 6.92 Å². The molecule has 0 fully saturated rings. The van der Waals surface area contributed by atoms with Crippen molar-refractivity contribution in [2.45, 2.75) is 12.1 Å². The van der Waals surface area contributed by atoms with E-state index in [0.717, 1.165) is 11.0 Å². The van der Waals surface area contributed by atoms with Gasteiger partial charge in [0.25, 0.3) is 0 Å². The minimum Gasteiger partial charge on any atom is -0.436 e. The van der Waals surface area contributed by atoms with Gasteiger partial charge in [0.2, 0.25) is 5.88 Å². The maximum absolute atomic E-state index is 13.7. The van der Waals surface area contributed by atoms with E-state index in [9.17, 15) is 4.39 Å². The zero-order valence-electron chi connectivity index (χ0n) is 11.0. The summed E-state index contributed by atoms with van der Waals surface area (Å²) in [4.78, 5) is 8.49. The fourth-order valence-corrected chi connectivity index (χ4v) is 2.20. The van der Waals surface area contributed by atoms with E-state index in [4.69, 9.17) is 4.74 Å². The summed E-state index contributed by atoms with van der Waals surface area (Å²) in [5.41, 5.74) is 0. The highest BCUT2D eigenvalue weighted by molar-refractivity contribution is 9.10. The number of halogens is 2. The molecule has 0 radical (unpaired) electrons. The smallest absolute Gasteiger partial charge is 0.225 e. The van der Waals surface area contributed by atoms with Crippen molar-refractivity contribution in [1.82, 2.24) is 9.97 Å². The van der Waals surface area contributed by atoms with E-state index in [0.29, 0.717) is 16.9 Å². The molecular weight excluding hydrogens is 345 g/mol. The van der Waals surface area contributed by atoms with Crippen LogP contribution in [0, 0.1) is 5.82 Å². The number of nitrogens with zero attached hydrogens (tertiary/aromatic N) is 2. The average molecular weight is 358 g/mol. The van der Waals surface area contributed by atoms with E-state index in [2.05, 4.69) is 31.2 Å². The highest BCUT2D eigenvalue weighted by Gasteiger charge is 2.09. The van der Waals surface area contributed by atoms with Crippen LogP contribution in [0.3, 0.4) is 0 Å². The molecule has 0 spiro atoms. The van der Waals surface area contributed by atoms with Gasteiger partial charge in [0.15, 0.2) is 16.7 Å². The number of ether oxygens (including phenoxy) is 1. The topological polar surface area (TPSA) is 47.0 Å². The number of rotatable bonds is 5. The molecule has 0 atom stereocenters. The molecule has 4 nitrogen and oxygen atoms in total. The Kier molecular flexibility index (Phi) is 5.19. The standard InChI is InChI=1S/C13H13BrFN3OS/c1-3-16-11-7-12(18-13(17-11)20-2)19-10-6-8(14)4-5-9(10)15/h4-7H,3H2,1-2H3,(H,16,17,18). The van der Waals surface area contributed by atoms with Gasteiger partial charge >= 0.3 is 0 Å². The lowest BCUT2D eigenvalue weighted by Gasteiger charge is -2.09. The maximum Gasteiger partial charge on any atom is 0.225 e. The number of aromatic nitrogens is 2.